The van der Waals surface area contributed by atoms with Crippen molar-refractivity contribution >= 4 is 11.5 Å². The zero-order valence-corrected chi connectivity index (χ0v) is 9.97. The molecule has 0 aliphatic carbocycles. The van der Waals surface area contributed by atoms with Crippen LogP contribution in [0.3, 0.4) is 0 Å². The van der Waals surface area contributed by atoms with E-state index in [-0.39, 0.29) is 5.78 Å². The van der Waals surface area contributed by atoms with E-state index in [4.69, 9.17) is 11.5 Å². The normalized spacial score (nSPS) is 10.3. The summed E-state index contributed by atoms with van der Waals surface area (Å²) in [6.45, 7) is 0.600. The van der Waals surface area contributed by atoms with E-state index in [9.17, 15) is 4.79 Å². The largest absolute Gasteiger partial charge is 0.398 e. The summed E-state index contributed by atoms with van der Waals surface area (Å²) >= 11 is 0. The van der Waals surface area contributed by atoms with Gasteiger partial charge in [-0.05, 0) is 24.6 Å². The SMILES string of the molecule is NCCc1ccc(C(=O)c2cnccc2N)cc1. The lowest BCUT2D eigenvalue weighted by Crippen LogP contribution is -2.07. The molecule has 1 aromatic carbocycles. The van der Waals surface area contributed by atoms with Gasteiger partial charge < -0.3 is 11.5 Å². The molecule has 0 saturated carbocycles. The van der Waals surface area contributed by atoms with Crippen LogP contribution in [-0.4, -0.2) is 17.3 Å². The highest BCUT2D eigenvalue weighted by Gasteiger charge is 2.11. The fourth-order valence-electron chi connectivity index (χ4n) is 1.74. The Balaban J connectivity index is 2.27. The van der Waals surface area contributed by atoms with Crippen LogP contribution in [0.15, 0.2) is 42.7 Å². The quantitative estimate of drug-likeness (QED) is 0.793. The Hall–Kier alpha value is -2.20. The Bertz CT molecular complexity index is 549. The van der Waals surface area contributed by atoms with Crippen LogP contribution in [-0.2, 0) is 6.42 Å². The van der Waals surface area contributed by atoms with Gasteiger partial charge in [0.15, 0.2) is 5.78 Å². The first kappa shape index (κ1) is 12.3. The van der Waals surface area contributed by atoms with Crippen LogP contribution in [0, 0.1) is 0 Å². The second-order valence-corrected chi connectivity index (χ2v) is 4.03. The van der Waals surface area contributed by atoms with Crippen molar-refractivity contribution in [1.29, 1.82) is 0 Å². The van der Waals surface area contributed by atoms with Gasteiger partial charge in [0.25, 0.3) is 0 Å². The number of carbonyl (C=O) groups excluding carboxylic acids is 1. The number of nitrogens with two attached hydrogens (primary N) is 2. The number of hydrogen-bond acceptors (Lipinski definition) is 4. The fraction of sp³-hybridized carbons (Fsp3) is 0.143. The van der Waals surface area contributed by atoms with E-state index in [1.54, 1.807) is 24.4 Å². The maximum Gasteiger partial charge on any atom is 0.196 e. The molecule has 1 heterocycles. The van der Waals surface area contributed by atoms with Gasteiger partial charge in [-0.3, -0.25) is 9.78 Å². The summed E-state index contributed by atoms with van der Waals surface area (Å²) in [6.07, 6.45) is 3.87. The highest BCUT2D eigenvalue weighted by Crippen LogP contribution is 2.15. The molecule has 0 bridgehead atoms. The Morgan fingerprint density at radius 2 is 1.89 bits per heavy atom. The molecule has 4 heteroatoms. The van der Waals surface area contributed by atoms with E-state index in [1.807, 2.05) is 12.1 Å². The van der Waals surface area contributed by atoms with Crippen molar-refractivity contribution in [1.82, 2.24) is 4.98 Å². The minimum Gasteiger partial charge on any atom is -0.398 e. The predicted octanol–water partition coefficient (Wildman–Crippen LogP) is 1.40. The minimum absolute atomic E-state index is 0.111. The zero-order valence-electron chi connectivity index (χ0n) is 9.97. The van der Waals surface area contributed by atoms with Crippen molar-refractivity contribution in [3.05, 3.63) is 59.4 Å². The van der Waals surface area contributed by atoms with Gasteiger partial charge in [0.2, 0.25) is 0 Å². The van der Waals surface area contributed by atoms with Crippen molar-refractivity contribution in [2.75, 3.05) is 12.3 Å². The topological polar surface area (TPSA) is 82.0 Å². The molecule has 92 valence electrons. The van der Waals surface area contributed by atoms with Gasteiger partial charge in [-0.1, -0.05) is 24.3 Å². The summed E-state index contributed by atoms with van der Waals surface area (Å²) in [5, 5.41) is 0. The smallest absolute Gasteiger partial charge is 0.196 e. The van der Waals surface area contributed by atoms with E-state index in [0.29, 0.717) is 23.4 Å². The Kier molecular flexibility index (Phi) is 3.69. The highest BCUT2D eigenvalue weighted by atomic mass is 16.1. The van der Waals surface area contributed by atoms with E-state index in [0.717, 1.165) is 12.0 Å². The molecule has 0 amide bonds. The van der Waals surface area contributed by atoms with Crippen molar-refractivity contribution < 1.29 is 4.79 Å². The van der Waals surface area contributed by atoms with Crippen LogP contribution in [0.2, 0.25) is 0 Å². The van der Waals surface area contributed by atoms with E-state index < -0.39 is 0 Å². The summed E-state index contributed by atoms with van der Waals surface area (Å²) in [7, 11) is 0. The monoisotopic (exact) mass is 241 g/mol. The van der Waals surface area contributed by atoms with Crippen molar-refractivity contribution in [3.63, 3.8) is 0 Å². The lowest BCUT2D eigenvalue weighted by molar-refractivity contribution is 0.103. The fourth-order valence-corrected chi connectivity index (χ4v) is 1.74. The van der Waals surface area contributed by atoms with Crippen LogP contribution in [0.4, 0.5) is 5.69 Å². The number of rotatable bonds is 4. The van der Waals surface area contributed by atoms with Crippen LogP contribution in [0.1, 0.15) is 21.5 Å². The average molecular weight is 241 g/mol. The second kappa shape index (κ2) is 5.42. The van der Waals surface area contributed by atoms with Crippen LogP contribution >= 0.6 is 0 Å². The minimum atomic E-state index is -0.111. The third-order valence-electron chi connectivity index (χ3n) is 2.75. The molecule has 4 nitrogen and oxygen atoms in total. The molecule has 0 fully saturated rings. The van der Waals surface area contributed by atoms with Gasteiger partial charge in [0.05, 0.1) is 5.56 Å². The Labute approximate surface area is 106 Å². The third kappa shape index (κ3) is 2.55. The molecular weight excluding hydrogens is 226 g/mol. The molecule has 0 atom stereocenters. The molecule has 2 rings (SSSR count). The van der Waals surface area contributed by atoms with Crippen LogP contribution < -0.4 is 11.5 Å². The molecule has 0 aliphatic rings. The summed E-state index contributed by atoms with van der Waals surface area (Å²) < 4.78 is 0. The van der Waals surface area contributed by atoms with Crippen molar-refractivity contribution in [3.8, 4) is 0 Å². The molecule has 4 N–H and O–H groups in total. The molecule has 0 aliphatic heterocycles. The maximum atomic E-state index is 12.2. The first-order valence-electron chi connectivity index (χ1n) is 5.75. The van der Waals surface area contributed by atoms with Gasteiger partial charge in [-0.15, -0.1) is 0 Å². The van der Waals surface area contributed by atoms with E-state index in [2.05, 4.69) is 4.98 Å². The standard InChI is InChI=1S/C14H15N3O/c15-7-5-10-1-3-11(4-2-10)14(18)12-9-17-8-6-13(12)16/h1-4,6,8-9H,5,7,15H2,(H2,16,17). The maximum absolute atomic E-state index is 12.2. The van der Waals surface area contributed by atoms with Gasteiger partial charge in [-0.2, -0.15) is 0 Å². The second-order valence-electron chi connectivity index (χ2n) is 4.03. The van der Waals surface area contributed by atoms with Crippen LogP contribution in [0.5, 0.6) is 0 Å². The molecule has 1 aromatic heterocycles. The summed E-state index contributed by atoms with van der Waals surface area (Å²) in [5.41, 5.74) is 13.8. The number of carbonyl (C=O) groups is 1. The molecule has 0 spiro atoms. The number of nitrogens with zero attached hydrogens (tertiary/aromatic N) is 1. The van der Waals surface area contributed by atoms with Crippen molar-refractivity contribution in [2.24, 2.45) is 5.73 Å². The third-order valence-corrected chi connectivity index (χ3v) is 2.75. The molecule has 0 radical (unpaired) electrons. The lowest BCUT2D eigenvalue weighted by atomic mass is 10.0. The molecule has 18 heavy (non-hydrogen) atoms. The lowest BCUT2D eigenvalue weighted by Gasteiger charge is -2.05. The Morgan fingerprint density at radius 3 is 2.50 bits per heavy atom. The Morgan fingerprint density at radius 1 is 1.17 bits per heavy atom. The van der Waals surface area contributed by atoms with Gasteiger partial charge in [0.1, 0.15) is 0 Å². The van der Waals surface area contributed by atoms with Gasteiger partial charge >= 0.3 is 0 Å². The van der Waals surface area contributed by atoms with E-state index >= 15 is 0 Å². The average Bonchev–Trinajstić information content (AvgIpc) is 2.40. The van der Waals surface area contributed by atoms with Crippen molar-refractivity contribution in [2.45, 2.75) is 6.42 Å². The van der Waals surface area contributed by atoms with Gasteiger partial charge in [0, 0.05) is 23.6 Å². The summed E-state index contributed by atoms with van der Waals surface area (Å²) in [4.78, 5) is 16.1. The number of benzene rings is 1. The highest BCUT2D eigenvalue weighted by molar-refractivity contribution is 6.11. The summed E-state index contributed by atoms with van der Waals surface area (Å²) in [6, 6.07) is 9.02. The summed E-state index contributed by atoms with van der Waals surface area (Å²) in [5.74, 6) is -0.111. The number of anilines is 1. The van der Waals surface area contributed by atoms with Gasteiger partial charge in [-0.25, -0.2) is 0 Å². The van der Waals surface area contributed by atoms with E-state index in [1.165, 1.54) is 6.20 Å². The number of aromatic nitrogens is 1. The molecular formula is C14H15N3O. The first-order valence-corrected chi connectivity index (χ1v) is 5.75. The number of pyridine rings is 1. The number of ketones is 1. The molecule has 0 unspecified atom stereocenters. The number of nitrogen functional groups attached to an aromatic ring is 1. The molecule has 0 saturated heterocycles. The zero-order chi connectivity index (χ0) is 13.0. The number of hydrogen-bond donors (Lipinski definition) is 2. The predicted molar refractivity (Wildman–Crippen MR) is 71.3 cm³/mol. The first-order chi connectivity index (χ1) is 8.72. The molecule has 2 aromatic rings. The van der Waals surface area contributed by atoms with Crippen LogP contribution in [0.25, 0.3) is 0 Å².